The van der Waals surface area contributed by atoms with Crippen LogP contribution in [-0.4, -0.2) is 35.7 Å². The van der Waals surface area contributed by atoms with Gasteiger partial charge in [-0.05, 0) is 36.1 Å². The topological polar surface area (TPSA) is 78.9 Å². The molecule has 28 heavy (non-hydrogen) atoms. The van der Waals surface area contributed by atoms with Gasteiger partial charge in [-0.25, -0.2) is 0 Å². The highest BCUT2D eigenvalue weighted by atomic mass is 16.5. The monoisotopic (exact) mass is 382 g/mol. The predicted molar refractivity (Wildman–Crippen MR) is 108 cm³/mol. The first-order valence-electron chi connectivity index (χ1n) is 9.47. The number of benzene rings is 2. The van der Waals surface area contributed by atoms with Gasteiger partial charge < -0.3 is 14.7 Å². The molecule has 0 aliphatic carbocycles. The second kappa shape index (κ2) is 8.44. The summed E-state index contributed by atoms with van der Waals surface area (Å²) in [5.41, 5.74) is 2.93. The van der Waals surface area contributed by atoms with Gasteiger partial charge in [0.05, 0.1) is 12.2 Å². The van der Waals surface area contributed by atoms with Gasteiger partial charge >= 0.3 is 5.97 Å². The van der Waals surface area contributed by atoms with Gasteiger partial charge in [-0.2, -0.15) is 0 Å². The van der Waals surface area contributed by atoms with Gasteiger partial charge in [0.15, 0.2) is 0 Å². The number of rotatable bonds is 6. The number of hydrogen-bond acceptors (Lipinski definition) is 4. The highest BCUT2D eigenvalue weighted by Gasteiger charge is 2.33. The molecule has 1 heterocycles. The Morgan fingerprint density at radius 1 is 1.18 bits per heavy atom. The standard InChI is InChI=1S/C22H26N2O4/c1-14(2)17-10-8-16(9-11-17)12-24-19-6-4-5-7-20(19)28-13-18(21(24)25)23-15(3)22(26)27/h4-11,14-15,18,23H,12-13H2,1-3H3,(H,26,27)/t15-,18?/m0/s1. The molecule has 0 aromatic heterocycles. The van der Waals surface area contributed by atoms with Gasteiger partial charge in [0.1, 0.15) is 24.4 Å². The first-order chi connectivity index (χ1) is 13.4. The van der Waals surface area contributed by atoms with E-state index in [1.807, 2.05) is 36.4 Å². The molecule has 0 radical (unpaired) electrons. The quantitative estimate of drug-likeness (QED) is 0.802. The summed E-state index contributed by atoms with van der Waals surface area (Å²) in [5.74, 6) is -0.160. The van der Waals surface area contributed by atoms with Crippen molar-refractivity contribution in [3.05, 3.63) is 59.7 Å². The molecule has 0 spiro atoms. The number of fused-ring (bicyclic) bond motifs is 1. The summed E-state index contributed by atoms with van der Waals surface area (Å²) in [5, 5.41) is 12.1. The lowest BCUT2D eigenvalue weighted by molar-refractivity contribution is -0.139. The SMILES string of the molecule is CC(C)c1ccc(CN2C(=O)C(N[C@@H](C)C(=O)O)COc3ccccc32)cc1. The lowest BCUT2D eigenvalue weighted by Crippen LogP contribution is -2.52. The molecule has 1 aliphatic heterocycles. The van der Waals surface area contributed by atoms with Crippen LogP contribution < -0.4 is 15.0 Å². The van der Waals surface area contributed by atoms with Crippen LogP contribution in [0.3, 0.4) is 0 Å². The Hall–Kier alpha value is -2.86. The van der Waals surface area contributed by atoms with Crippen LogP contribution in [0.5, 0.6) is 5.75 Å². The fourth-order valence-corrected chi connectivity index (χ4v) is 3.20. The third kappa shape index (κ3) is 4.34. The molecule has 1 amide bonds. The Balaban J connectivity index is 1.89. The molecular formula is C22H26N2O4. The second-order valence-electron chi connectivity index (χ2n) is 7.38. The Kier molecular flexibility index (Phi) is 5.99. The van der Waals surface area contributed by atoms with Gasteiger partial charge in [-0.1, -0.05) is 50.2 Å². The van der Waals surface area contributed by atoms with Crippen molar-refractivity contribution < 1.29 is 19.4 Å². The number of carboxylic acid groups (broad SMARTS) is 1. The third-order valence-electron chi connectivity index (χ3n) is 4.93. The highest BCUT2D eigenvalue weighted by molar-refractivity contribution is 5.99. The Labute approximate surface area is 165 Å². The molecule has 148 valence electrons. The van der Waals surface area contributed by atoms with Crippen molar-refractivity contribution in [3.63, 3.8) is 0 Å². The average molecular weight is 382 g/mol. The maximum absolute atomic E-state index is 13.2. The van der Waals surface area contributed by atoms with Crippen LogP contribution in [0.2, 0.25) is 0 Å². The maximum atomic E-state index is 13.2. The normalized spacial score (nSPS) is 17.6. The fourth-order valence-electron chi connectivity index (χ4n) is 3.20. The predicted octanol–water partition coefficient (Wildman–Crippen LogP) is 3.17. The molecule has 0 saturated heterocycles. The van der Waals surface area contributed by atoms with E-state index in [1.165, 1.54) is 12.5 Å². The zero-order chi connectivity index (χ0) is 20.3. The number of para-hydroxylation sites is 2. The van der Waals surface area contributed by atoms with Gasteiger partial charge in [-0.15, -0.1) is 0 Å². The number of nitrogens with zero attached hydrogens (tertiary/aromatic N) is 1. The largest absolute Gasteiger partial charge is 0.489 e. The number of carboxylic acids is 1. The van der Waals surface area contributed by atoms with Crippen LogP contribution in [0.25, 0.3) is 0 Å². The van der Waals surface area contributed by atoms with E-state index in [0.717, 1.165) is 5.56 Å². The number of amides is 1. The summed E-state index contributed by atoms with van der Waals surface area (Å²) in [6, 6.07) is 14.0. The molecule has 1 aliphatic rings. The minimum atomic E-state index is -1.01. The Morgan fingerprint density at radius 2 is 1.86 bits per heavy atom. The summed E-state index contributed by atoms with van der Waals surface area (Å²) in [7, 11) is 0. The van der Waals surface area contributed by atoms with E-state index in [2.05, 4.69) is 31.3 Å². The highest BCUT2D eigenvalue weighted by Crippen LogP contribution is 2.32. The van der Waals surface area contributed by atoms with Crippen molar-refractivity contribution >= 4 is 17.6 Å². The van der Waals surface area contributed by atoms with Crippen molar-refractivity contribution in [3.8, 4) is 5.75 Å². The van der Waals surface area contributed by atoms with E-state index in [9.17, 15) is 14.7 Å². The summed E-state index contributed by atoms with van der Waals surface area (Å²) >= 11 is 0. The molecule has 3 rings (SSSR count). The average Bonchev–Trinajstić information content (AvgIpc) is 2.80. The number of ether oxygens (including phenoxy) is 1. The number of carbonyl (C=O) groups excluding carboxylic acids is 1. The minimum Gasteiger partial charge on any atom is -0.489 e. The summed E-state index contributed by atoms with van der Waals surface area (Å²) in [6.45, 7) is 6.26. The number of nitrogens with one attached hydrogen (secondary N) is 1. The summed E-state index contributed by atoms with van der Waals surface area (Å²) < 4.78 is 5.81. The first-order valence-corrected chi connectivity index (χ1v) is 9.47. The minimum absolute atomic E-state index is 0.0796. The third-order valence-corrected chi connectivity index (χ3v) is 4.93. The van der Waals surface area contributed by atoms with Crippen LogP contribution in [0.1, 0.15) is 37.8 Å². The van der Waals surface area contributed by atoms with Crippen molar-refractivity contribution in [1.82, 2.24) is 5.32 Å². The van der Waals surface area contributed by atoms with Crippen molar-refractivity contribution in [2.24, 2.45) is 0 Å². The molecule has 6 nitrogen and oxygen atoms in total. The van der Waals surface area contributed by atoms with E-state index in [0.29, 0.717) is 23.9 Å². The summed E-state index contributed by atoms with van der Waals surface area (Å²) in [4.78, 5) is 26.1. The van der Waals surface area contributed by atoms with Gasteiger partial charge in [-0.3, -0.25) is 14.9 Å². The lowest BCUT2D eigenvalue weighted by Gasteiger charge is -2.26. The van der Waals surface area contributed by atoms with E-state index >= 15 is 0 Å². The van der Waals surface area contributed by atoms with Crippen molar-refractivity contribution in [1.29, 1.82) is 0 Å². The zero-order valence-electron chi connectivity index (χ0n) is 16.4. The van der Waals surface area contributed by atoms with E-state index < -0.39 is 18.1 Å². The molecule has 1 unspecified atom stereocenters. The van der Waals surface area contributed by atoms with Gasteiger partial charge in [0.25, 0.3) is 0 Å². The number of anilines is 1. The molecule has 6 heteroatoms. The molecule has 2 aromatic carbocycles. The molecule has 2 atom stereocenters. The molecule has 0 bridgehead atoms. The Morgan fingerprint density at radius 3 is 2.50 bits per heavy atom. The molecule has 2 aromatic rings. The Bertz CT molecular complexity index is 848. The van der Waals surface area contributed by atoms with E-state index in [-0.39, 0.29) is 12.5 Å². The first kappa shape index (κ1) is 19.9. The van der Waals surface area contributed by atoms with E-state index in [1.54, 1.807) is 4.90 Å². The lowest BCUT2D eigenvalue weighted by atomic mass is 10.0. The van der Waals surface area contributed by atoms with Crippen molar-refractivity contribution in [2.75, 3.05) is 11.5 Å². The molecule has 2 N–H and O–H groups in total. The fraction of sp³-hybridized carbons (Fsp3) is 0.364. The van der Waals surface area contributed by atoms with Gasteiger partial charge in [0.2, 0.25) is 5.91 Å². The molecule has 0 fully saturated rings. The van der Waals surface area contributed by atoms with E-state index in [4.69, 9.17) is 4.74 Å². The van der Waals surface area contributed by atoms with Crippen LogP contribution >= 0.6 is 0 Å². The molecule has 0 saturated carbocycles. The maximum Gasteiger partial charge on any atom is 0.320 e. The number of aliphatic carboxylic acids is 1. The smallest absolute Gasteiger partial charge is 0.320 e. The van der Waals surface area contributed by atoms with Crippen LogP contribution in [0.4, 0.5) is 5.69 Å². The second-order valence-corrected chi connectivity index (χ2v) is 7.38. The number of hydrogen-bond donors (Lipinski definition) is 2. The van der Waals surface area contributed by atoms with Crippen LogP contribution in [0.15, 0.2) is 48.5 Å². The molecular weight excluding hydrogens is 356 g/mol. The number of carbonyl (C=O) groups is 2. The van der Waals surface area contributed by atoms with Crippen molar-refractivity contribution in [2.45, 2.75) is 45.3 Å². The van der Waals surface area contributed by atoms with Gasteiger partial charge in [0, 0.05) is 0 Å². The van der Waals surface area contributed by atoms with Crippen LogP contribution in [0, 0.1) is 0 Å². The summed E-state index contributed by atoms with van der Waals surface area (Å²) in [6.07, 6.45) is 0. The zero-order valence-corrected chi connectivity index (χ0v) is 16.4. The van der Waals surface area contributed by atoms with Crippen LogP contribution in [-0.2, 0) is 16.1 Å².